The summed E-state index contributed by atoms with van der Waals surface area (Å²) in [6.07, 6.45) is 1.83. The highest BCUT2D eigenvalue weighted by atomic mass is 127. The summed E-state index contributed by atoms with van der Waals surface area (Å²) in [5.74, 6) is 4.04. The van der Waals surface area contributed by atoms with Gasteiger partial charge in [-0.25, -0.2) is 0 Å². The molecule has 0 spiro atoms. The lowest BCUT2D eigenvalue weighted by atomic mass is 9.78. The average molecular weight is 895 g/mol. The van der Waals surface area contributed by atoms with Gasteiger partial charge in [-0.1, -0.05) is 61.2 Å². The molecule has 1 unspecified atom stereocenters. The van der Waals surface area contributed by atoms with Gasteiger partial charge in [-0.2, -0.15) is 0 Å². The third-order valence-corrected chi connectivity index (χ3v) is 9.77. The average Bonchev–Trinajstić information content (AvgIpc) is 3.14. The Balaban J connectivity index is 0.000000293. The number of fused-ring (bicyclic) bond motifs is 5. The van der Waals surface area contributed by atoms with Gasteiger partial charge in [0.1, 0.15) is 28.7 Å². The van der Waals surface area contributed by atoms with Crippen LogP contribution in [0, 0.1) is 7.14 Å². The molecule has 1 aliphatic rings. The highest BCUT2D eigenvalue weighted by Crippen LogP contribution is 2.55. The molecular formula is C42H40I2O6. The second-order valence-electron chi connectivity index (χ2n) is 11.5. The summed E-state index contributed by atoms with van der Waals surface area (Å²) in [4.78, 5) is 0. The first-order valence-corrected chi connectivity index (χ1v) is 18.0. The van der Waals surface area contributed by atoms with Crippen molar-refractivity contribution in [1.82, 2.24) is 0 Å². The van der Waals surface area contributed by atoms with Crippen molar-refractivity contribution in [2.24, 2.45) is 0 Å². The molecular weight excluding hydrogens is 854 g/mol. The van der Waals surface area contributed by atoms with Crippen LogP contribution in [-0.2, 0) is 16.1 Å². The predicted molar refractivity (Wildman–Crippen MR) is 221 cm³/mol. The van der Waals surface area contributed by atoms with Gasteiger partial charge in [0.05, 0.1) is 31.5 Å². The van der Waals surface area contributed by atoms with Crippen LogP contribution in [-0.4, -0.2) is 42.7 Å². The lowest BCUT2D eigenvalue weighted by Crippen LogP contribution is -2.15. The summed E-state index contributed by atoms with van der Waals surface area (Å²) in [5, 5.41) is 4.44. The standard InChI is InChI=1S/C30H22I2O4.C10H12O.C2H6O/c1-33-19-8-4-16-6-10-25(35-3)27(21(16)14-19)29-23-12-18(31)13-24(32)30(23)36-26-11-7-17-5-9-20(34-2)15-22(17)28(26)29;1-3-9-4-6-10(7-5-9)8-11-2;1-3-2/h4-15,29H,1-3H3;3-7H,1,8H2,2H3;1-2H3. The van der Waals surface area contributed by atoms with Crippen molar-refractivity contribution in [3.05, 3.63) is 139 Å². The summed E-state index contributed by atoms with van der Waals surface area (Å²) in [6.45, 7) is 4.35. The Morgan fingerprint density at radius 2 is 1.26 bits per heavy atom. The second-order valence-corrected chi connectivity index (χ2v) is 13.9. The van der Waals surface area contributed by atoms with Gasteiger partial charge in [0, 0.05) is 47.5 Å². The third-order valence-electron chi connectivity index (χ3n) is 8.34. The number of hydrogen-bond donors (Lipinski definition) is 0. The highest BCUT2D eigenvalue weighted by molar-refractivity contribution is 14.1. The Bertz CT molecular complexity index is 2100. The maximum atomic E-state index is 6.61. The Morgan fingerprint density at radius 3 is 1.82 bits per heavy atom. The van der Waals surface area contributed by atoms with E-state index in [4.69, 9.17) is 23.7 Å². The van der Waals surface area contributed by atoms with E-state index in [-0.39, 0.29) is 5.92 Å². The van der Waals surface area contributed by atoms with Crippen molar-refractivity contribution in [1.29, 1.82) is 0 Å². The molecule has 1 aliphatic heterocycles. The van der Waals surface area contributed by atoms with Gasteiger partial charge in [-0.05, 0) is 126 Å². The molecule has 0 fully saturated rings. The van der Waals surface area contributed by atoms with E-state index in [2.05, 4.69) is 117 Å². The fourth-order valence-corrected chi connectivity index (χ4v) is 8.10. The molecule has 0 aliphatic carbocycles. The minimum Gasteiger partial charge on any atom is -0.497 e. The molecule has 6 nitrogen and oxygen atoms in total. The SMILES string of the molecule is C=Cc1ccc(COC)cc1.COC.COc1ccc2ccc(OC)c(C3c4cc(I)cc(I)c4Oc4ccc5ccc(OC)cc5c43)c2c1. The lowest BCUT2D eigenvalue weighted by molar-refractivity contribution is 0.185. The first-order valence-electron chi connectivity index (χ1n) is 15.8. The first-order chi connectivity index (χ1) is 24.3. The molecule has 6 aromatic rings. The molecule has 0 saturated carbocycles. The Hall–Kier alpha value is -3.84. The van der Waals surface area contributed by atoms with E-state index < -0.39 is 0 Å². The molecule has 258 valence electrons. The van der Waals surface area contributed by atoms with Gasteiger partial charge < -0.3 is 28.4 Å². The smallest absolute Gasteiger partial charge is 0.144 e. The molecule has 1 heterocycles. The number of benzene rings is 6. The summed E-state index contributed by atoms with van der Waals surface area (Å²) in [6, 6.07) is 33.3. The lowest BCUT2D eigenvalue weighted by Gasteiger charge is -2.32. The van der Waals surface area contributed by atoms with Gasteiger partial charge in [0.15, 0.2) is 0 Å². The number of rotatable bonds is 7. The maximum absolute atomic E-state index is 6.61. The molecule has 0 amide bonds. The van der Waals surface area contributed by atoms with Crippen molar-refractivity contribution in [3.63, 3.8) is 0 Å². The summed E-state index contributed by atoms with van der Waals surface area (Å²) >= 11 is 4.76. The zero-order chi connectivity index (χ0) is 35.8. The Morgan fingerprint density at radius 1 is 0.680 bits per heavy atom. The van der Waals surface area contributed by atoms with E-state index in [0.717, 1.165) is 79.7 Å². The summed E-state index contributed by atoms with van der Waals surface area (Å²) < 4.78 is 35.3. The molecule has 6 aromatic carbocycles. The number of hydrogen-bond acceptors (Lipinski definition) is 6. The van der Waals surface area contributed by atoms with E-state index in [1.54, 1.807) is 42.7 Å². The van der Waals surface area contributed by atoms with Gasteiger partial charge >= 0.3 is 0 Å². The number of methoxy groups -OCH3 is 5. The molecule has 0 N–H and O–H groups in total. The molecule has 0 radical (unpaired) electrons. The number of ether oxygens (including phenoxy) is 6. The first kappa shape index (κ1) is 37.4. The maximum Gasteiger partial charge on any atom is 0.144 e. The van der Waals surface area contributed by atoms with Crippen LogP contribution in [0.15, 0.2) is 104 Å². The minimum atomic E-state index is -0.131. The molecule has 7 rings (SSSR count). The van der Waals surface area contributed by atoms with Crippen LogP contribution < -0.4 is 18.9 Å². The normalized spacial score (nSPS) is 12.7. The molecule has 1 atom stereocenters. The van der Waals surface area contributed by atoms with Gasteiger partial charge in [0.2, 0.25) is 0 Å². The largest absolute Gasteiger partial charge is 0.497 e. The van der Waals surface area contributed by atoms with E-state index in [9.17, 15) is 0 Å². The van der Waals surface area contributed by atoms with Crippen LogP contribution in [0.25, 0.3) is 27.6 Å². The van der Waals surface area contributed by atoms with Crippen molar-refractivity contribution in [2.75, 3.05) is 42.7 Å². The minimum absolute atomic E-state index is 0.131. The van der Waals surface area contributed by atoms with Crippen molar-refractivity contribution in [3.8, 4) is 28.7 Å². The monoisotopic (exact) mass is 894 g/mol. The van der Waals surface area contributed by atoms with Crippen molar-refractivity contribution < 1.29 is 28.4 Å². The van der Waals surface area contributed by atoms with Crippen LogP contribution in [0.3, 0.4) is 0 Å². The second kappa shape index (κ2) is 17.4. The van der Waals surface area contributed by atoms with Gasteiger partial charge in [-0.3, -0.25) is 0 Å². The molecule has 0 saturated heterocycles. The zero-order valence-corrected chi connectivity index (χ0v) is 33.3. The van der Waals surface area contributed by atoms with Crippen LogP contribution in [0.1, 0.15) is 33.7 Å². The summed E-state index contributed by atoms with van der Waals surface area (Å²) in [7, 11) is 10.1. The van der Waals surface area contributed by atoms with E-state index >= 15 is 0 Å². The summed E-state index contributed by atoms with van der Waals surface area (Å²) in [5.41, 5.74) is 5.64. The van der Waals surface area contributed by atoms with E-state index in [1.165, 1.54) is 5.56 Å². The fraction of sp³-hybridized carbons (Fsp3) is 0.190. The number of halogens is 2. The molecule has 0 bridgehead atoms. The topological polar surface area (TPSA) is 55.4 Å². The molecule has 50 heavy (non-hydrogen) atoms. The van der Waals surface area contributed by atoms with Crippen LogP contribution in [0.2, 0.25) is 0 Å². The Labute approximate surface area is 321 Å². The van der Waals surface area contributed by atoms with Gasteiger partial charge in [-0.15, -0.1) is 0 Å². The molecule has 0 aromatic heterocycles. The van der Waals surface area contributed by atoms with E-state index in [1.807, 2.05) is 42.5 Å². The highest BCUT2D eigenvalue weighted by Gasteiger charge is 2.35. The predicted octanol–water partition coefficient (Wildman–Crippen LogP) is 11.3. The third kappa shape index (κ3) is 8.04. The van der Waals surface area contributed by atoms with Crippen molar-refractivity contribution >= 4 is 72.8 Å². The van der Waals surface area contributed by atoms with Crippen LogP contribution in [0.5, 0.6) is 28.7 Å². The molecule has 8 heteroatoms. The van der Waals surface area contributed by atoms with Crippen LogP contribution >= 0.6 is 45.2 Å². The van der Waals surface area contributed by atoms with Gasteiger partial charge in [0.25, 0.3) is 0 Å². The Kier molecular flexibility index (Phi) is 13.0. The van der Waals surface area contributed by atoms with Crippen LogP contribution in [0.4, 0.5) is 0 Å². The zero-order valence-electron chi connectivity index (χ0n) is 29.0. The fourth-order valence-electron chi connectivity index (χ4n) is 6.10. The quantitative estimate of drug-likeness (QED) is 0.149. The van der Waals surface area contributed by atoms with E-state index in [0.29, 0.717) is 6.61 Å². The van der Waals surface area contributed by atoms with Crippen molar-refractivity contribution in [2.45, 2.75) is 12.5 Å².